The predicted octanol–water partition coefficient (Wildman–Crippen LogP) is 4.87. The highest BCUT2D eigenvalue weighted by molar-refractivity contribution is 6.08. The molecule has 1 heterocycles. The molecule has 2 N–H and O–H groups in total. The number of hydrogen-bond acceptors (Lipinski definition) is 5. The van der Waals surface area contributed by atoms with Gasteiger partial charge in [-0.15, -0.1) is 0 Å². The molecule has 0 aliphatic heterocycles. The zero-order valence-electron chi connectivity index (χ0n) is 16.7. The normalized spacial score (nSPS) is 10.3. The number of aromatic nitrogens is 1. The Morgan fingerprint density at radius 3 is 2.45 bits per heavy atom. The summed E-state index contributed by atoms with van der Waals surface area (Å²) in [6.07, 6.45) is 1.57. The number of para-hydroxylation sites is 1. The van der Waals surface area contributed by atoms with Crippen LogP contribution in [0, 0.1) is 13.8 Å². The number of carbonyl (C=O) groups excluding carboxylic acids is 2. The lowest BCUT2D eigenvalue weighted by Crippen LogP contribution is -2.16. The Balaban J connectivity index is 1.79. The summed E-state index contributed by atoms with van der Waals surface area (Å²) < 4.78 is 5.05. The summed E-state index contributed by atoms with van der Waals surface area (Å²) in [6.45, 7) is 6.05. The molecule has 0 bridgehead atoms. The van der Waals surface area contributed by atoms with E-state index in [0.29, 0.717) is 22.6 Å². The molecule has 0 saturated heterocycles. The summed E-state index contributed by atoms with van der Waals surface area (Å²) in [5, 5.41) is 6.01. The second-order valence-electron chi connectivity index (χ2n) is 6.65. The SMILES string of the molecule is CCOC(=O)c1ccccc1NC(=O)c1ccnc(Nc2cc(C)cc(C)c2)c1. The second-order valence-corrected chi connectivity index (χ2v) is 6.65. The second kappa shape index (κ2) is 9.01. The van der Waals surface area contributed by atoms with E-state index >= 15 is 0 Å². The molecule has 1 aromatic heterocycles. The van der Waals surface area contributed by atoms with Gasteiger partial charge in [-0.25, -0.2) is 9.78 Å². The maximum Gasteiger partial charge on any atom is 0.340 e. The summed E-state index contributed by atoms with van der Waals surface area (Å²) in [6, 6.07) is 16.2. The van der Waals surface area contributed by atoms with Crippen molar-refractivity contribution in [3.05, 3.63) is 83.0 Å². The van der Waals surface area contributed by atoms with Gasteiger partial charge in [-0.2, -0.15) is 0 Å². The van der Waals surface area contributed by atoms with Crippen molar-refractivity contribution in [1.29, 1.82) is 0 Å². The summed E-state index contributed by atoms with van der Waals surface area (Å²) in [5.41, 5.74) is 4.31. The molecule has 3 rings (SSSR count). The minimum atomic E-state index is -0.477. The number of hydrogen-bond donors (Lipinski definition) is 2. The van der Waals surface area contributed by atoms with Gasteiger partial charge in [0.05, 0.1) is 17.9 Å². The van der Waals surface area contributed by atoms with Gasteiger partial charge in [0.25, 0.3) is 5.91 Å². The summed E-state index contributed by atoms with van der Waals surface area (Å²) in [7, 11) is 0. The van der Waals surface area contributed by atoms with Crippen molar-refractivity contribution in [2.45, 2.75) is 20.8 Å². The highest BCUT2D eigenvalue weighted by atomic mass is 16.5. The molecule has 6 heteroatoms. The third kappa shape index (κ3) is 5.19. The van der Waals surface area contributed by atoms with E-state index in [1.807, 2.05) is 26.0 Å². The van der Waals surface area contributed by atoms with Gasteiger partial charge in [0.15, 0.2) is 0 Å². The lowest BCUT2D eigenvalue weighted by Gasteiger charge is -2.12. The molecule has 0 aliphatic carbocycles. The van der Waals surface area contributed by atoms with E-state index < -0.39 is 5.97 Å². The van der Waals surface area contributed by atoms with E-state index in [1.54, 1.807) is 49.5 Å². The van der Waals surface area contributed by atoms with Crippen LogP contribution in [0.5, 0.6) is 0 Å². The van der Waals surface area contributed by atoms with Crippen molar-refractivity contribution < 1.29 is 14.3 Å². The zero-order valence-corrected chi connectivity index (χ0v) is 16.7. The highest BCUT2D eigenvalue weighted by Gasteiger charge is 2.15. The number of pyridine rings is 1. The van der Waals surface area contributed by atoms with Crippen LogP contribution in [0.15, 0.2) is 60.8 Å². The van der Waals surface area contributed by atoms with Crippen LogP contribution in [-0.2, 0) is 4.74 Å². The van der Waals surface area contributed by atoms with Gasteiger partial charge < -0.3 is 15.4 Å². The van der Waals surface area contributed by atoms with Gasteiger partial charge in [-0.1, -0.05) is 18.2 Å². The number of rotatable bonds is 6. The highest BCUT2D eigenvalue weighted by Crippen LogP contribution is 2.21. The van der Waals surface area contributed by atoms with Crippen molar-refractivity contribution in [3.8, 4) is 0 Å². The summed E-state index contributed by atoms with van der Waals surface area (Å²) >= 11 is 0. The van der Waals surface area contributed by atoms with Crippen molar-refractivity contribution in [2.24, 2.45) is 0 Å². The molecule has 3 aromatic rings. The van der Waals surface area contributed by atoms with E-state index in [0.717, 1.165) is 16.8 Å². The first-order chi connectivity index (χ1) is 14.0. The Hall–Kier alpha value is -3.67. The smallest absolute Gasteiger partial charge is 0.340 e. The lowest BCUT2D eigenvalue weighted by atomic mass is 10.1. The van der Waals surface area contributed by atoms with Crippen molar-refractivity contribution in [3.63, 3.8) is 0 Å². The molecule has 0 radical (unpaired) electrons. The average molecular weight is 389 g/mol. The maximum atomic E-state index is 12.7. The van der Waals surface area contributed by atoms with E-state index in [-0.39, 0.29) is 12.5 Å². The van der Waals surface area contributed by atoms with Gasteiger partial charge in [-0.05, 0) is 68.3 Å². The Morgan fingerprint density at radius 2 is 1.72 bits per heavy atom. The molecule has 0 fully saturated rings. The number of aryl methyl sites for hydroxylation is 2. The number of nitrogens with one attached hydrogen (secondary N) is 2. The van der Waals surface area contributed by atoms with Crippen LogP contribution in [0.25, 0.3) is 0 Å². The van der Waals surface area contributed by atoms with E-state index in [9.17, 15) is 9.59 Å². The largest absolute Gasteiger partial charge is 0.462 e. The van der Waals surface area contributed by atoms with Crippen LogP contribution in [-0.4, -0.2) is 23.5 Å². The van der Waals surface area contributed by atoms with Crippen molar-refractivity contribution in [1.82, 2.24) is 4.98 Å². The Morgan fingerprint density at radius 1 is 1.00 bits per heavy atom. The van der Waals surface area contributed by atoms with Gasteiger partial charge in [0.1, 0.15) is 5.82 Å². The van der Waals surface area contributed by atoms with Gasteiger partial charge in [0.2, 0.25) is 0 Å². The molecule has 0 unspecified atom stereocenters. The quantitative estimate of drug-likeness (QED) is 0.588. The van der Waals surface area contributed by atoms with Crippen LogP contribution in [0.1, 0.15) is 38.8 Å². The third-order valence-corrected chi connectivity index (χ3v) is 4.19. The molecule has 0 spiro atoms. The summed E-state index contributed by atoms with van der Waals surface area (Å²) in [4.78, 5) is 29.1. The Labute approximate surface area is 169 Å². The van der Waals surface area contributed by atoms with Gasteiger partial charge >= 0.3 is 5.97 Å². The van der Waals surface area contributed by atoms with Crippen LogP contribution in [0.4, 0.5) is 17.2 Å². The molecular formula is C23H23N3O3. The van der Waals surface area contributed by atoms with Crippen molar-refractivity contribution >= 4 is 29.1 Å². The monoisotopic (exact) mass is 389 g/mol. The van der Waals surface area contributed by atoms with Crippen molar-refractivity contribution in [2.75, 3.05) is 17.2 Å². The number of esters is 1. The van der Waals surface area contributed by atoms with E-state index in [4.69, 9.17) is 4.74 Å². The topological polar surface area (TPSA) is 80.3 Å². The number of nitrogens with zero attached hydrogens (tertiary/aromatic N) is 1. The zero-order chi connectivity index (χ0) is 20.8. The molecule has 148 valence electrons. The first-order valence-corrected chi connectivity index (χ1v) is 9.35. The predicted molar refractivity (Wildman–Crippen MR) is 114 cm³/mol. The molecule has 29 heavy (non-hydrogen) atoms. The minimum absolute atomic E-state index is 0.263. The molecule has 1 amide bonds. The first kappa shape index (κ1) is 20.1. The minimum Gasteiger partial charge on any atom is -0.462 e. The number of ether oxygens (including phenoxy) is 1. The van der Waals surface area contributed by atoms with E-state index in [1.165, 1.54) is 0 Å². The molecular weight excluding hydrogens is 366 g/mol. The molecule has 0 saturated carbocycles. The number of anilines is 3. The van der Waals surface area contributed by atoms with Gasteiger partial charge in [0, 0.05) is 17.4 Å². The fraction of sp³-hybridized carbons (Fsp3) is 0.174. The molecule has 6 nitrogen and oxygen atoms in total. The average Bonchev–Trinajstić information content (AvgIpc) is 2.68. The van der Waals surface area contributed by atoms with Gasteiger partial charge in [-0.3, -0.25) is 4.79 Å². The third-order valence-electron chi connectivity index (χ3n) is 4.19. The Kier molecular flexibility index (Phi) is 6.24. The fourth-order valence-electron chi connectivity index (χ4n) is 3.01. The standard InChI is InChI=1S/C23H23N3O3/c1-4-29-23(28)19-7-5-6-8-20(19)26-22(27)17-9-10-24-21(14-17)25-18-12-15(2)11-16(3)13-18/h5-14H,4H2,1-3H3,(H,24,25)(H,26,27). The number of benzene rings is 2. The molecule has 0 atom stereocenters. The number of carbonyl (C=O) groups is 2. The molecule has 0 aliphatic rings. The lowest BCUT2D eigenvalue weighted by molar-refractivity contribution is 0.0527. The van der Waals surface area contributed by atoms with Crippen LogP contribution >= 0.6 is 0 Å². The molecule has 2 aromatic carbocycles. The summed E-state index contributed by atoms with van der Waals surface area (Å²) in [5.74, 6) is -0.260. The van der Waals surface area contributed by atoms with Crippen LogP contribution in [0.2, 0.25) is 0 Å². The Bertz CT molecular complexity index is 1030. The number of amides is 1. The maximum absolute atomic E-state index is 12.7. The van der Waals surface area contributed by atoms with E-state index in [2.05, 4.69) is 21.7 Å². The fourth-order valence-corrected chi connectivity index (χ4v) is 3.01. The first-order valence-electron chi connectivity index (χ1n) is 9.35. The van der Waals surface area contributed by atoms with Crippen LogP contribution in [0.3, 0.4) is 0 Å². The van der Waals surface area contributed by atoms with Crippen LogP contribution < -0.4 is 10.6 Å².